The lowest BCUT2D eigenvalue weighted by Crippen LogP contribution is -2.16. The highest BCUT2D eigenvalue weighted by molar-refractivity contribution is 7.13. The molecule has 0 radical (unpaired) electrons. The first-order valence-corrected chi connectivity index (χ1v) is 4.53. The number of rotatable bonds is 4. The molecule has 68 valence electrons. The Labute approximate surface area is 75.8 Å². The van der Waals surface area contributed by atoms with E-state index < -0.39 is 0 Å². The van der Waals surface area contributed by atoms with Gasteiger partial charge in [0.2, 0.25) is 0 Å². The van der Waals surface area contributed by atoms with Gasteiger partial charge in [0.15, 0.2) is 5.13 Å². The predicted octanol–water partition coefficient (Wildman–Crippen LogP) is 0.831. The molecular formula is C7H13N3OS. The van der Waals surface area contributed by atoms with E-state index in [-0.39, 0.29) is 6.04 Å². The fourth-order valence-electron chi connectivity index (χ4n) is 0.836. The van der Waals surface area contributed by atoms with E-state index in [0.29, 0.717) is 6.61 Å². The highest BCUT2D eigenvalue weighted by atomic mass is 32.1. The lowest BCUT2D eigenvalue weighted by Gasteiger charge is -2.05. The standard InChI is InChI=1S/C7H13N3OS/c1-9-7-10-6(4-12-7)5(8)3-11-2/h4-5H,3,8H2,1-2H3,(H,9,10). The van der Waals surface area contributed by atoms with Gasteiger partial charge in [-0.05, 0) is 0 Å². The molecule has 1 aromatic heterocycles. The number of methoxy groups -OCH3 is 1. The summed E-state index contributed by atoms with van der Waals surface area (Å²) < 4.78 is 4.92. The van der Waals surface area contributed by atoms with Crippen molar-refractivity contribution in [2.75, 3.05) is 26.1 Å². The molecule has 4 nitrogen and oxygen atoms in total. The molecule has 12 heavy (non-hydrogen) atoms. The van der Waals surface area contributed by atoms with E-state index in [0.717, 1.165) is 10.8 Å². The van der Waals surface area contributed by atoms with Crippen molar-refractivity contribution >= 4 is 16.5 Å². The molecule has 0 saturated heterocycles. The molecule has 0 fully saturated rings. The van der Waals surface area contributed by atoms with Crippen LogP contribution in [0, 0.1) is 0 Å². The van der Waals surface area contributed by atoms with E-state index in [9.17, 15) is 0 Å². The molecular weight excluding hydrogens is 174 g/mol. The Balaban J connectivity index is 2.61. The van der Waals surface area contributed by atoms with Crippen LogP contribution >= 0.6 is 11.3 Å². The Morgan fingerprint density at radius 3 is 3.08 bits per heavy atom. The fourth-order valence-corrected chi connectivity index (χ4v) is 1.57. The highest BCUT2D eigenvalue weighted by Gasteiger charge is 2.08. The van der Waals surface area contributed by atoms with Gasteiger partial charge >= 0.3 is 0 Å². The van der Waals surface area contributed by atoms with Crippen LogP contribution in [0.5, 0.6) is 0 Å². The molecule has 0 aliphatic heterocycles. The summed E-state index contributed by atoms with van der Waals surface area (Å²) in [5.74, 6) is 0. The summed E-state index contributed by atoms with van der Waals surface area (Å²) in [6, 6.07) is -0.117. The fraction of sp³-hybridized carbons (Fsp3) is 0.571. The molecule has 1 unspecified atom stereocenters. The van der Waals surface area contributed by atoms with Crippen molar-refractivity contribution in [1.82, 2.24) is 4.98 Å². The molecule has 1 atom stereocenters. The number of nitrogens with zero attached hydrogens (tertiary/aromatic N) is 1. The van der Waals surface area contributed by atoms with Gasteiger partial charge in [-0.3, -0.25) is 0 Å². The summed E-state index contributed by atoms with van der Waals surface area (Å²) in [6.07, 6.45) is 0. The SMILES string of the molecule is CNc1nc(C(N)COC)cs1. The average Bonchev–Trinajstić information content (AvgIpc) is 2.52. The van der Waals surface area contributed by atoms with Crippen molar-refractivity contribution in [2.24, 2.45) is 5.73 Å². The number of hydrogen-bond donors (Lipinski definition) is 2. The smallest absolute Gasteiger partial charge is 0.182 e. The lowest BCUT2D eigenvalue weighted by molar-refractivity contribution is 0.180. The first-order chi connectivity index (χ1) is 5.77. The monoisotopic (exact) mass is 187 g/mol. The maximum absolute atomic E-state index is 5.76. The summed E-state index contributed by atoms with van der Waals surface area (Å²) in [6.45, 7) is 0.507. The Hall–Kier alpha value is -0.650. The summed E-state index contributed by atoms with van der Waals surface area (Å²) in [5, 5.41) is 5.78. The zero-order chi connectivity index (χ0) is 8.97. The number of nitrogens with one attached hydrogen (secondary N) is 1. The second-order valence-corrected chi connectivity index (χ2v) is 3.25. The number of aromatic nitrogens is 1. The van der Waals surface area contributed by atoms with E-state index in [1.165, 1.54) is 0 Å². The summed E-state index contributed by atoms with van der Waals surface area (Å²) in [5.41, 5.74) is 6.65. The normalized spacial score (nSPS) is 12.9. The number of thiazole rings is 1. The van der Waals surface area contributed by atoms with Gasteiger partial charge < -0.3 is 15.8 Å². The number of anilines is 1. The zero-order valence-corrected chi connectivity index (χ0v) is 8.02. The van der Waals surface area contributed by atoms with Gasteiger partial charge in [-0.1, -0.05) is 0 Å². The van der Waals surface area contributed by atoms with Crippen molar-refractivity contribution in [3.8, 4) is 0 Å². The van der Waals surface area contributed by atoms with Crippen molar-refractivity contribution in [3.63, 3.8) is 0 Å². The second kappa shape index (κ2) is 4.39. The Kier molecular flexibility index (Phi) is 3.46. The van der Waals surface area contributed by atoms with Crippen LogP contribution in [0.15, 0.2) is 5.38 Å². The first kappa shape index (κ1) is 9.44. The number of nitrogens with two attached hydrogens (primary N) is 1. The average molecular weight is 187 g/mol. The molecule has 3 N–H and O–H groups in total. The minimum atomic E-state index is -0.117. The van der Waals surface area contributed by atoms with Crippen LogP contribution in [-0.4, -0.2) is 25.7 Å². The van der Waals surface area contributed by atoms with E-state index in [1.807, 2.05) is 12.4 Å². The molecule has 0 aliphatic rings. The molecule has 0 saturated carbocycles. The predicted molar refractivity (Wildman–Crippen MR) is 50.5 cm³/mol. The third-order valence-corrected chi connectivity index (χ3v) is 2.34. The minimum Gasteiger partial charge on any atom is -0.383 e. The summed E-state index contributed by atoms with van der Waals surface area (Å²) in [4.78, 5) is 4.25. The topological polar surface area (TPSA) is 60.2 Å². The summed E-state index contributed by atoms with van der Waals surface area (Å²) in [7, 11) is 3.47. The van der Waals surface area contributed by atoms with E-state index in [2.05, 4.69) is 10.3 Å². The van der Waals surface area contributed by atoms with E-state index in [1.54, 1.807) is 18.4 Å². The van der Waals surface area contributed by atoms with Crippen LogP contribution in [0.25, 0.3) is 0 Å². The molecule has 0 aliphatic carbocycles. The third-order valence-electron chi connectivity index (χ3n) is 1.46. The van der Waals surface area contributed by atoms with Crippen LogP contribution in [-0.2, 0) is 4.74 Å². The van der Waals surface area contributed by atoms with Crippen LogP contribution in [0.2, 0.25) is 0 Å². The molecule has 5 heteroatoms. The van der Waals surface area contributed by atoms with Crippen LogP contribution in [0.3, 0.4) is 0 Å². The molecule has 1 rings (SSSR count). The third kappa shape index (κ3) is 2.17. The number of hydrogen-bond acceptors (Lipinski definition) is 5. The maximum Gasteiger partial charge on any atom is 0.182 e. The Bertz CT molecular complexity index is 238. The van der Waals surface area contributed by atoms with E-state index in [4.69, 9.17) is 10.5 Å². The summed E-state index contributed by atoms with van der Waals surface area (Å²) >= 11 is 1.55. The van der Waals surface area contributed by atoms with Crippen LogP contribution < -0.4 is 11.1 Å². The quantitative estimate of drug-likeness (QED) is 0.733. The van der Waals surface area contributed by atoms with Gasteiger partial charge in [0.1, 0.15) is 0 Å². The van der Waals surface area contributed by atoms with Crippen LogP contribution in [0.1, 0.15) is 11.7 Å². The molecule has 0 spiro atoms. The minimum absolute atomic E-state index is 0.117. The maximum atomic E-state index is 5.76. The highest BCUT2D eigenvalue weighted by Crippen LogP contribution is 2.18. The van der Waals surface area contributed by atoms with Crippen molar-refractivity contribution in [3.05, 3.63) is 11.1 Å². The van der Waals surface area contributed by atoms with Gasteiger partial charge in [0, 0.05) is 19.5 Å². The molecule has 0 bridgehead atoms. The van der Waals surface area contributed by atoms with Crippen LogP contribution in [0.4, 0.5) is 5.13 Å². The number of ether oxygens (including phenoxy) is 1. The Morgan fingerprint density at radius 2 is 2.58 bits per heavy atom. The van der Waals surface area contributed by atoms with Crippen molar-refractivity contribution in [2.45, 2.75) is 6.04 Å². The molecule has 0 aromatic carbocycles. The zero-order valence-electron chi connectivity index (χ0n) is 7.20. The van der Waals surface area contributed by atoms with Gasteiger partial charge in [-0.2, -0.15) is 0 Å². The van der Waals surface area contributed by atoms with Gasteiger partial charge in [0.05, 0.1) is 18.3 Å². The molecule has 0 amide bonds. The van der Waals surface area contributed by atoms with Gasteiger partial charge in [-0.25, -0.2) is 4.98 Å². The first-order valence-electron chi connectivity index (χ1n) is 3.65. The second-order valence-electron chi connectivity index (χ2n) is 2.39. The lowest BCUT2D eigenvalue weighted by atomic mass is 10.3. The van der Waals surface area contributed by atoms with Gasteiger partial charge in [0.25, 0.3) is 0 Å². The molecule has 1 aromatic rings. The van der Waals surface area contributed by atoms with Crippen molar-refractivity contribution in [1.29, 1.82) is 0 Å². The largest absolute Gasteiger partial charge is 0.383 e. The van der Waals surface area contributed by atoms with Gasteiger partial charge in [-0.15, -0.1) is 11.3 Å². The van der Waals surface area contributed by atoms with E-state index >= 15 is 0 Å². The Morgan fingerprint density at radius 1 is 1.83 bits per heavy atom. The molecule has 1 heterocycles. The van der Waals surface area contributed by atoms with Crippen molar-refractivity contribution < 1.29 is 4.74 Å².